The Morgan fingerprint density at radius 1 is 1.44 bits per heavy atom. The van der Waals surface area contributed by atoms with Crippen molar-refractivity contribution in [2.75, 3.05) is 0 Å². The molecule has 0 amide bonds. The highest BCUT2D eigenvalue weighted by Crippen LogP contribution is 2.29. The van der Waals surface area contributed by atoms with E-state index in [-0.39, 0.29) is 5.84 Å². The summed E-state index contributed by atoms with van der Waals surface area (Å²) in [5.41, 5.74) is 5.80. The van der Waals surface area contributed by atoms with E-state index in [1.165, 1.54) is 23.1 Å². The average Bonchev–Trinajstić information content (AvgIpc) is 2.65. The quantitative estimate of drug-likeness (QED) is 0.640. The van der Waals surface area contributed by atoms with E-state index in [4.69, 9.17) is 11.1 Å². The van der Waals surface area contributed by atoms with Gasteiger partial charge in [-0.3, -0.25) is 10.4 Å². The SMILES string of the molecule is Cc1nnc(Sc2ccc(C(=N)N)nc2)s1. The van der Waals surface area contributed by atoms with Crippen molar-refractivity contribution in [1.29, 1.82) is 5.41 Å². The third-order valence-electron chi connectivity index (χ3n) is 1.72. The van der Waals surface area contributed by atoms with Crippen LogP contribution in [-0.2, 0) is 0 Å². The summed E-state index contributed by atoms with van der Waals surface area (Å²) < 4.78 is 0.884. The van der Waals surface area contributed by atoms with E-state index < -0.39 is 0 Å². The maximum absolute atomic E-state index is 7.22. The molecule has 0 aliphatic rings. The van der Waals surface area contributed by atoms with Crippen molar-refractivity contribution in [1.82, 2.24) is 15.2 Å². The van der Waals surface area contributed by atoms with Gasteiger partial charge in [0.05, 0.1) is 0 Å². The normalized spacial score (nSPS) is 10.3. The summed E-state index contributed by atoms with van der Waals surface area (Å²) >= 11 is 3.04. The van der Waals surface area contributed by atoms with Crippen LogP contribution in [0, 0.1) is 12.3 Å². The predicted octanol–water partition coefficient (Wildman–Crippen LogP) is 1.68. The first-order valence-electron chi connectivity index (χ1n) is 4.43. The number of aryl methyl sites for hydroxylation is 1. The van der Waals surface area contributed by atoms with Crippen LogP contribution in [0.4, 0.5) is 0 Å². The van der Waals surface area contributed by atoms with Crippen LogP contribution in [0.3, 0.4) is 0 Å². The van der Waals surface area contributed by atoms with E-state index in [9.17, 15) is 0 Å². The molecule has 0 saturated carbocycles. The molecular weight excluding hydrogens is 242 g/mol. The topological polar surface area (TPSA) is 88.5 Å². The fourth-order valence-electron chi connectivity index (χ4n) is 1.02. The van der Waals surface area contributed by atoms with Crippen LogP contribution < -0.4 is 5.73 Å². The molecule has 3 N–H and O–H groups in total. The predicted molar refractivity (Wildman–Crippen MR) is 64.0 cm³/mol. The second kappa shape index (κ2) is 4.58. The lowest BCUT2D eigenvalue weighted by atomic mass is 10.3. The number of aromatic nitrogens is 3. The molecule has 0 radical (unpaired) electrons. The summed E-state index contributed by atoms with van der Waals surface area (Å²) in [5.74, 6) is -0.0247. The summed E-state index contributed by atoms with van der Waals surface area (Å²) in [6, 6.07) is 3.59. The summed E-state index contributed by atoms with van der Waals surface area (Å²) in [5, 5.41) is 16.1. The van der Waals surface area contributed by atoms with Crippen molar-refractivity contribution < 1.29 is 0 Å². The first-order valence-corrected chi connectivity index (χ1v) is 6.07. The monoisotopic (exact) mass is 251 g/mol. The Morgan fingerprint density at radius 3 is 2.75 bits per heavy atom. The Bertz CT molecular complexity index is 505. The van der Waals surface area contributed by atoms with Gasteiger partial charge in [0, 0.05) is 11.1 Å². The van der Waals surface area contributed by atoms with Crippen LogP contribution in [-0.4, -0.2) is 21.0 Å². The third kappa shape index (κ3) is 2.56. The Kier molecular flexibility index (Phi) is 3.16. The van der Waals surface area contributed by atoms with Gasteiger partial charge in [0.1, 0.15) is 16.5 Å². The van der Waals surface area contributed by atoms with E-state index in [0.717, 1.165) is 14.2 Å². The highest BCUT2D eigenvalue weighted by Gasteiger charge is 2.04. The minimum atomic E-state index is -0.0247. The van der Waals surface area contributed by atoms with Crippen molar-refractivity contribution in [2.45, 2.75) is 16.2 Å². The molecule has 0 fully saturated rings. The fraction of sp³-hybridized carbons (Fsp3) is 0.111. The maximum Gasteiger partial charge on any atom is 0.179 e. The van der Waals surface area contributed by atoms with Crippen molar-refractivity contribution in [3.05, 3.63) is 29.0 Å². The van der Waals surface area contributed by atoms with Gasteiger partial charge >= 0.3 is 0 Å². The van der Waals surface area contributed by atoms with E-state index >= 15 is 0 Å². The Balaban J connectivity index is 2.14. The zero-order valence-electron chi connectivity index (χ0n) is 8.47. The second-order valence-corrected chi connectivity index (χ2v) is 5.48. The van der Waals surface area contributed by atoms with Crippen LogP contribution in [0.5, 0.6) is 0 Å². The zero-order valence-corrected chi connectivity index (χ0v) is 10.1. The molecule has 0 spiro atoms. The van der Waals surface area contributed by atoms with Crippen LogP contribution in [0.1, 0.15) is 10.7 Å². The molecule has 0 unspecified atom stereocenters. The highest BCUT2D eigenvalue weighted by molar-refractivity contribution is 8.01. The molecule has 0 atom stereocenters. The number of nitrogens with one attached hydrogen (secondary N) is 1. The minimum Gasteiger partial charge on any atom is -0.382 e. The molecule has 2 heterocycles. The van der Waals surface area contributed by atoms with Gasteiger partial charge in [0.2, 0.25) is 0 Å². The third-order valence-corrected chi connectivity index (χ3v) is 3.59. The molecule has 0 aliphatic heterocycles. The lowest BCUT2D eigenvalue weighted by Gasteiger charge is -1.99. The Morgan fingerprint density at radius 2 is 2.25 bits per heavy atom. The summed E-state index contributed by atoms with van der Waals surface area (Å²) in [4.78, 5) is 5.03. The van der Waals surface area contributed by atoms with Gasteiger partial charge in [-0.1, -0.05) is 23.1 Å². The molecule has 16 heavy (non-hydrogen) atoms. The van der Waals surface area contributed by atoms with Crippen molar-refractivity contribution in [3.63, 3.8) is 0 Å². The molecule has 0 aliphatic carbocycles. The van der Waals surface area contributed by atoms with Gasteiger partial charge in [0.25, 0.3) is 0 Å². The van der Waals surface area contributed by atoms with E-state index in [0.29, 0.717) is 5.69 Å². The van der Waals surface area contributed by atoms with Gasteiger partial charge in [-0.25, -0.2) is 0 Å². The van der Waals surface area contributed by atoms with Gasteiger partial charge < -0.3 is 5.73 Å². The maximum atomic E-state index is 7.22. The zero-order chi connectivity index (χ0) is 11.5. The summed E-state index contributed by atoms with van der Waals surface area (Å²) in [6.07, 6.45) is 1.68. The molecule has 2 rings (SSSR count). The van der Waals surface area contributed by atoms with Gasteiger partial charge in [-0.15, -0.1) is 10.2 Å². The molecule has 5 nitrogen and oxygen atoms in total. The molecule has 7 heteroatoms. The smallest absolute Gasteiger partial charge is 0.179 e. The lowest BCUT2D eigenvalue weighted by molar-refractivity contribution is 0.983. The number of nitrogens with zero attached hydrogens (tertiary/aromatic N) is 3. The van der Waals surface area contributed by atoms with Crippen molar-refractivity contribution in [2.24, 2.45) is 5.73 Å². The number of nitrogen functional groups attached to an aromatic ring is 1. The Labute approximate surface area is 101 Å². The fourth-order valence-corrected chi connectivity index (χ4v) is 2.78. The highest BCUT2D eigenvalue weighted by atomic mass is 32.2. The molecule has 82 valence electrons. The van der Waals surface area contributed by atoms with E-state index in [1.807, 2.05) is 13.0 Å². The number of hydrogen-bond donors (Lipinski definition) is 2. The second-order valence-electron chi connectivity index (χ2n) is 2.98. The first kappa shape index (κ1) is 11.0. The molecule has 0 aromatic carbocycles. The largest absolute Gasteiger partial charge is 0.382 e. The van der Waals surface area contributed by atoms with Gasteiger partial charge in [-0.2, -0.15) is 0 Å². The van der Waals surface area contributed by atoms with Crippen LogP contribution >= 0.6 is 23.1 Å². The van der Waals surface area contributed by atoms with E-state index in [1.54, 1.807) is 12.3 Å². The molecule has 0 saturated heterocycles. The van der Waals surface area contributed by atoms with Crippen LogP contribution in [0.15, 0.2) is 27.6 Å². The molecular formula is C9H9N5S2. The van der Waals surface area contributed by atoms with Crippen molar-refractivity contribution in [3.8, 4) is 0 Å². The summed E-state index contributed by atoms with van der Waals surface area (Å²) in [6.45, 7) is 1.92. The van der Waals surface area contributed by atoms with Crippen LogP contribution in [0.2, 0.25) is 0 Å². The van der Waals surface area contributed by atoms with Gasteiger partial charge in [0.15, 0.2) is 4.34 Å². The minimum absolute atomic E-state index is 0.0247. The Hall–Kier alpha value is -1.47. The number of nitrogens with two attached hydrogens (primary N) is 1. The lowest BCUT2D eigenvalue weighted by Crippen LogP contribution is -2.12. The number of amidine groups is 1. The number of rotatable bonds is 3. The van der Waals surface area contributed by atoms with E-state index in [2.05, 4.69) is 15.2 Å². The first-order chi connectivity index (χ1) is 7.65. The molecule has 2 aromatic heterocycles. The van der Waals surface area contributed by atoms with Gasteiger partial charge in [-0.05, 0) is 19.1 Å². The molecule has 2 aromatic rings. The average molecular weight is 251 g/mol. The number of pyridine rings is 1. The standard InChI is InChI=1S/C9H9N5S2/c1-5-13-14-9(15-5)16-6-2-3-7(8(10)11)12-4-6/h2-4H,1H3,(H3,10,11). The summed E-state index contributed by atoms with van der Waals surface area (Å²) in [7, 11) is 0. The van der Waals surface area contributed by atoms with Crippen molar-refractivity contribution >= 4 is 28.9 Å². The number of hydrogen-bond acceptors (Lipinski definition) is 6. The van der Waals surface area contributed by atoms with Crippen LogP contribution in [0.25, 0.3) is 0 Å². The molecule has 0 bridgehead atoms.